The van der Waals surface area contributed by atoms with Crippen molar-refractivity contribution in [2.45, 2.75) is 67.7 Å². The number of hydrogen-bond donors (Lipinski definition) is 0. The van der Waals surface area contributed by atoms with Gasteiger partial charge in [0.2, 0.25) is 0 Å². The van der Waals surface area contributed by atoms with Crippen LogP contribution in [-0.2, 0) is 0 Å². The van der Waals surface area contributed by atoms with E-state index in [2.05, 4.69) is 48.5 Å². The first kappa shape index (κ1) is 13.1. The Bertz CT molecular complexity index is 212. The molecule has 3 atom stereocenters. The van der Waals surface area contributed by atoms with Gasteiger partial charge in [-0.3, -0.25) is 0 Å². The van der Waals surface area contributed by atoms with Gasteiger partial charge in [0.05, 0.1) is 0 Å². The molecular weight excluding hydrogens is 180 g/mol. The molecule has 0 N–H and O–H groups in total. The molecule has 3 unspecified atom stereocenters. The lowest BCUT2D eigenvalue weighted by Gasteiger charge is -2.43. The average Bonchev–Trinajstić information content (AvgIpc) is 2.18. The minimum atomic E-state index is 0.493. The van der Waals surface area contributed by atoms with Crippen LogP contribution in [0.1, 0.15) is 67.7 Å². The highest BCUT2D eigenvalue weighted by atomic mass is 14.5. The van der Waals surface area contributed by atoms with E-state index in [4.69, 9.17) is 0 Å². The van der Waals surface area contributed by atoms with Crippen molar-refractivity contribution in [1.29, 1.82) is 0 Å². The van der Waals surface area contributed by atoms with Crippen LogP contribution in [0.25, 0.3) is 0 Å². The fraction of sp³-hybridized carbons (Fsp3) is 1.00. The molecule has 0 aromatic rings. The molecule has 1 fully saturated rings. The Balaban J connectivity index is 2.98. The second kappa shape index (κ2) is 4.11. The van der Waals surface area contributed by atoms with Crippen LogP contribution in [0.2, 0.25) is 0 Å². The van der Waals surface area contributed by atoms with Crippen molar-refractivity contribution in [2.75, 3.05) is 0 Å². The van der Waals surface area contributed by atoms with Crippen molar-refractivity contribution in [1.82, 2.24) is 0 Å². The summed E-state index contributed by atoms with van der Waals surface area (Å²) in [7, 11) is 0. The van der Waals surface area contributed by atoms with E-state index in [0.29, 0.717) is 10.8 Å². The normalized spacial score (nSPS) is 39.8. The molecule has 0 aliphatic heterocycles. The predicted octanol–water partition coefficient (Wildman–Crippen LogP) is 5.13. The van der Waals surface area contributed by atoms with Gasteiger partial charge < -0.3 is 0 Å². The molecule has 0 heteroatoms. The van der Waals surface area contributed by atoms with Gasteiger partial charge in [-0.25, -0.2) is 0 Å². The summed E-state index contributed by atoms with van der Waals surface area (Å²) in [6.45, 7) is 17.2. The van der Waals surface area contributed by atoms with Crippen molar-refractivity contribution in [2.24, 2.45) is 28.6 Å². The average molecular weight is 210 g/mol. The van der Waals surface area contributed by atoms with Gasteiger partial charge in [-0.1, -0.05) is 54.9 Å². The second-order valence-electron chi connectivity index (χ2n) is 7.15. The summed E-state index contributed by atoms with van der Waals surface area (Å²) in [5, 5.41) is 0. The zero-order chi connectivity index (χ0) is 11.9. The molecule has 0 saturated heterocycles. The van der Waals surface area contributed by atoms with Crippen molar-refractivity contribution < 1.29 is 0 Å². The molecule has 0 aromatic carbocycles. The zero-order valence-electron chi connectivity index (χ0n) is 11.9. The molecular formula is C15H30. The summed E-state index contributed by atoms with van der Waals surface area (Å²) in [4.78, 5) is 0. The monoisotopic (exact) mass is 210 g/mol. The third-order valence-corrected chi connectivity index (χ3v) is 5.64. The topological polar surface area (TPSA) is 0 Å². The van der Waals surface area contributed by atoms with Crippen LogP contribution in [0.3, 0.4) is 0 Å². The first-order valence-corrected chi connectivity index (χ1v) is 6.71. The Kier molecular flexibility index (Phi) is 3.58. The highest BCUT2D eigenvalue weighted by molar-refractivity contribution is 4.94. The van der Waals surface area contributed by atoms with Gasteiger partial charge >= 0.3 is 0 Å². The van der Waals surface area contributed by atoms with Crippen LogP contribution in [0.4, 0.5) is 0 Å². The molecule has 90 valence electrons. The lowest BCUT2D eigenvalue weighted by atomic mass is 9.62. The standard InChI is InChI=1S/C15H30/c1-8-13-9-11(2)15(6,7)12(3)14(4,5)10-13/h11-13H,8-10H2,1-7H3. The summed E-state index contributed by atoms with van der Waals surface area (Å²) in [6.07, 6.45) is 4.20. The SMILES string of the molecule is CCC1CC(C)C(C)(C)C(C)C(C)(C)C1. The van der Waals surface area contributed by atoms with Crippen LogP contribution in [-0.4, -0.2) is 0 Å². The predicted molar refractivity (Wildman–Crippen MR) is 68.9 cm³/mol. The van der Waals surface area contributed by atoms with Gasteiger partial charge in [-0.05, 0) is 41.4 Å². The summed E-state index contributed by atoms with van der Waals surface area (Å²) >= 11 is 0. The third-order valence-electron chi connectivity index (χ3n) is 5.64. The number of hydrogen-bond acceptors (Lipinski definition) is 0. The Morgan fingerprint density at radius 3 is 2.07 bits per heavy atom. The van der Waals surface area contributed by atoms with E-state index in [9.17, 15) is 0 Å². The van der Waals surface area contributed by atoms with Crippen LogP contribution >= 0.6 is 0 Å². The van der Waals surface area contributed by atoms with Crippen LogP contribution in [0.5, 0.6) is 0 Å². The number of rotatable bonds is 1. The maximum Gasteiger partial charge on any atom is -0.0298 e. The molecule has 0 bridgehead atoms. The fourth-order valence-electron chi connectivity index (χ4n) is 3.55. The molecule has 1 aliphatic rings. The van der Waals surface area contributed by atoms with Crippen LogP contribution < -0.4 is 0 Å². The molecule has 0 nitrogen and oxygen atoms in total. The van der Waals surface area contributed by atoms with Gasteiger partial charge in [0.15, 0.2) is 0 Å². The highest BCUT2D eigenvalue weighted by Gasteiger charge is 2.44. The molecule has 1 rings (SSSR count). The molecule has 1 aliphatic carbocycles. The van der Waals surface area contributed by atoms with Gasteiger partial charge in [0, 0.05) is 0 Å². The van der Waals surface area contributed by atoms with E-state index in [1.165, 1.54) is 19.3 Å². The molecule has 0 heterocycles. The lowest BCUT2D eigenvalue weighted by molar-refractivity contribution is 0.0585. The molecule has 1 saturated carbocycles. The minimum absolute atomic E-state index is 0.493. The third kappa shape index (κ3) is 2.40. The Hall–Kier alpha value is 0. The van der Waals surface area contributed by atoms with E-state index in [1.807, 2.05) is 0 Å². The van der Waals surface area contributed by atoms with Crippen LogP contribution in [0, 0.1) is 28.6 Å². The Morgan fingerprint density at radius 2 is 1.60 bits per heavy atom. The Labute approximate surface area is 96.8 Å². The van der Waals surface area contributed by atoms with Gasteiger partial charge in [0.25, 0.3) is 0 Å². The van der Waals surface area contributed by atoms with Crippen molar-refractivity contribution >= 4 is 0 Å². The maximum absolute atomic E-state index is 2.47. The summed E-state index contributed by atoms with van der Waals surface area (Å²) < 4.78 is 0. The van der Waals surface area contributed by atoms with E-state index in [0.717, 1.165) is 17.8 Å². The van der Waals surface area contributed by atoms with E-state index < -0.39 is 0 Å². The molecule has 0 aromatic heterocycles. The molecule has 0 spiro atoms. The van der Waals surface area contributed by atoms with Gasteiger partial charge in [-0.2, -0.15) is 0 Å². The summed E-state index contributed by atoms with van der Waals surface area (Å²) in [5.74, 6) is 2.62. The fourth-order valence-corrected chi connectivity index (χ4v) is 3.55. The van der Waals surface area contributed by atoms with E-state index >= 15 is 0 Å². The molecule has 15 heavy (non-hydrogen) atoms. The first-order valence-electron chi connectivity index (χ1n) is 6.71. The first-order chi connectivity index (χ1) is 6.71. The zero-order valence-corrected chi connectivity index (χ0v) is 11.9. The molecule has 0 amide bonds. The quantitative estimate of drug-likeness (QED) is 0.526. The Morgan fingerprint density at radius 1 is 1.07 bits per heavy atom. The van der Waals surface area contributed by atoms with Gasteiger partial charge in [-0.15, -0.1) is 0 Å². The maximum atomic E-state index is 2.47. The second-order valence-corrected chi connectivity index (χ2v) is 7.15. The molecule has 0 radical (unpaired) electrons. The lowest BCUT2D eigenvalue weighted by Crippen LogP contribution is -2.36. The van der Waals surface area contributed by atoms with E-state index in [1.54, 1.807) is 0 Å². The summed E-state index contributed by atoms with van der Waals surface area (Å²) in [5.41, 5.74) is 1.00. The highest BCUT2D eigenvalue weighted by Crippen LogP contribution is 2.53. The largest absolute Gasteiger partial charge is 0.0651 e. The van der Waals surface area contributed by atoms with E-state index in [-0.39, 0.29) is 0 Å². The van der Waals surface area contributed by atoms with Crippen molar-refractivity contribution in [3.05, 3.63) is 0 Å². The van der Waals surface area contributed by atoms with Crippen molar-refractivity contribution in [3.63, 3.8) is 0 Å². The van der Waals surface area contributed by atoms with Crippen LogP contribution in [0.15, 0.2) is 0 Å². The van der Waals surface area contributed by atoms with Crippen molar-refractivity contribution in [3.8, 4) is 0 Å². The van der Waals surface area contributed by atoms with Gasteiger partial charge in [0.1, 0.15) is 0 Å². The minimum Gasteiger partial charge on any atom is -0.0651 e. The smallest absolute Gasteiger partial charge is 0.0298 e. The summed E-state index contributed by atoms with van der Waals surface area (Å²) in [6, 6.07) is 0.